The molecule has 0 aliphatic heterocycles. The second-order valence-corrected chi connectivity index (χ2v) is 8.90. The van der Waals surface area contributed by atoms with Crippen LogP contribution in [0, 0.1) is 0 Å². The second-order valence-electron chi connectivity index (χ2n) is 8.90. The van der Waals surface area contributed by atoms with Gasteiger partial charge in [-0.1, -0.05) is 35.4 Å². The van der Waals surface area contributed by atoms with Gasteiger partial charge in [0.25, 0.3) is 0 Å². The summed E-state index contributed by atoms with van der Waals surface area (Å²) in [6, 6.07) is 14.7. The lowest BCUT2D eigenvalue weighted by molar-refractivity contribution is 0.335. The monoisotopic (exact) mass is 489 g/mol. The molecule has 0 spiro atoms. The lowest BCUT2D eigenvalue weighted by Gasteiger charge is -2.18. The average Bonchev–Trinajstić information content (AvgIpc) is 2.84. The molecule has 190 valence electrons. The first-order chi connectivity index (χ1) is 17.2. The van der Waals surface area contributed by atoms with Crippen molar-refractivity contribution in [2.75, 3.05) is 32.7 Å². The van der Waals surface area contributed by atoms with Crippen LogP contribution in [0.1, 0.15) is 27.7 Å². The summed E-state index contributed by atoms with van der Waals surface area (Å²) in [5, 5.41) is 25.1. The Kier molecular flexibility index (Phi) is 8.90. The SMILES string of the molecule is COc1cc(-c2ccc(NCC=C(C)C)cc2)c(OC)c(O)c1-c1ccc(OCC=C(C)C)c(O)c1. The molecule has 3 rings (SSSR count). The van der Waals surface area contributed by atoms with Crippen molar-refractivity contribution in [2.24, 2.45) is 0 Å². The molecule has 0 aliphatic rings. The van der Waals surface area contributed by atoms with Crippen LogP contribution in [-0.4, -0.2) is 37.6 Å². The molecule has 6 nitrogen and oxygen atoms in total. The smallest absolute Gasteiger partial charge is 0.170 e. The van der Waals surface area contributed by atoms with Gasteiger partial charge in [0.2, 0.25) is 0 Å². The summed E-state index contributed by atoms with van der Waals surface area (Å²) < 4.78 is 16.9. The van der Waals surface area contributed by atoms with E-state index in [1.807, 2.05) is 50.3 Å². The zero-order chi connectivity index (χ0) is 26.2. The summed E-state index contributed by atoms with van der Waals surface area (Å²) in [5.74, 6) is 1.02. The van der Waals surface area contributed by atoms with E-state index in [1.54, 1.807) is 25.3 Å². The van der Waals surface area contributed by atoms with Crippen molar-refractivity contribution in [1.29, 1.82) is 0 Å². The Morgan fingerprint density at radius 2 is 1.47 bits per heavy atom. The van der Waals surface area contributed by atoms with Crippen LogP contribution in [0.25, 0.3) is 22.3 Å². The molecular formula is C30H35NO5. The largest absolute Gasteiger partial charge is 0.504 e. The molecule has 0 amide bonds. The molecular weight excluding hydrogens is 454 g/mol. The van der Waals surface area contributed by atoms with E-state index in [0.29, 0.717) is 40.5 Å². The van der Waals surface area contributed by atoms with Crippen LogP contribution in [0.15, 0.2) is 71.8 Å². The van der Waals surface area contributed by atoms with E-state index in [9.17, 15) is 10.2 Å². The highest BCUT2D eigenvalue weighted by molar-refractivity contribution is 5.88. The molecule has 6 heteroatoms. The summed E-state index contributed by atoms with van der Waals surface area (Å²) in [6.45, 7) is 9.20. The number of phenols is 2. The van der Waals surface area contributed by atoms with Gasteiger partial charge < -0.3 is 29.7 Å². The van der Waals surface area contributed by atoms with E-state index < -0.39 is 0 Å². The normalized spacial score (nSPS) is 10.4. The fourth-order valence-corrected chi connectivity index (χ4v) is 3.72. The number of benzene rings is 3. The molecule has 0 bridgehead atoms. The molecule has 36 heavy (non-hydrogen) atoms. The molecule has 3 aromatic carbocycles. The fourth-order valence-electron chi connectivity index (χ4n) is 3.72. The number of ether oxygens (including phenoxy) is 3. The molecule has 0 heterocycles. The maximum Gasteiger partial charge on any atom is 0.170 e. The van der Waals surface area contributed by atoms with E-state index in [1.165, 1.54) is 12.7 Å². The first-order valence-electron chi connectivity index (χ1n) is 11.8. The highest BCUT2D eigenvalue weighted by atomic mass is 16.5. The maximum atomic E-state index is 11.2. The molecule has 0 aromatic heterocycles. The van der Waals surface area contributed by atoms with Crippen molar-refractivity contribution in [1.82, 2.24) is 0 Å². The van der Waals surface area contributed by atoms with E-state index in [-0.39, 0.29) is 11.5 Å². The number of allylic oxidation sites excluding steroid dienone is 2. The third-order valence-electron chi connectivity index (χ3n) is 5.63. The summed E-state index contributed by atoms with van der Waals surface area (Å²) >= 11 is 0. The van der Waals surface area contributed by atoms with E-state index >= 15 is 0 Å². The number of phenolic OH excluding ortho intramolecular Hbond substituents is 2. The minimum atomic E-state index is -0.0739. The summed E-state index contributed by atoms with van der Waals surface area (Å²) in [4.78, 5) is 0. The maximum absolute atomic E-state index is 11.2. The highest BCUT2D eigenvalue weighted by Crippen LogP contribution is 2.50. The van der Waals surface area contributed by atoms with Gasteiger partial charge in [-0.3, -0.25) is 0 Å². The van der Waals surface area contributed by atoms with Crippen LogP contribution in [0.2, 0.25) is 0 Å². The van der Waals surface area contributed by atoms with Crippen LogP contribution < -0.4 is 19.5 Å². The zero-order valence-electron chi connectivity index (χ0n) is 21.8. The van der Waals surface area contributed by atoms with Crippen molar-refractivity contribution >= 4 is 5.69 Å². The van der Waals surface area contributed by atoms with Crippen molar-refractivity contribution in [3.8, 4) is 51.0 Å². The number of rotatable bonds is 10. The summed E-state index contributed by atoms with van der Waals surface area (Å²) in [5.41, 5.74) is 5.92. The average molecular weight is 490 g/mol. The third kappa shape index (κ3) is 6.33. The van der Waals surface area contributed by atoms with Crippen molar-refractivity contribution in [2.45, 2.75) is 27.7 Å². The third-order valence-corrected chi connectivity index (χ3v) is 5.63. The van der Waals surface area contributed by atoms with E-state index in [0.717, 1.165) is 23.4 Å². The van der Waals surface area contributed by atoms with Crippen LogP contribution in [0.4, 0.5) is 5.69 Å². The van der Waals surface area contributed by atoms with Gasteiger partial charge in [0.15, 0.2) is 23.0 Å². The van der Waals surface area contributed by atoms with Crippen molar-refractivity contribution in [3.63, 3.8) is 0 Å². The molecule has 0 fully saturated rings. The number of methoxy groups -OCH3 is 2. The van der Waals surface area contributed by atoms with Gasteiger partial charge >= 0.3 is 0 Å². The molecule has 0 atom stereocenters. The van der Waals surface area contributed by atoms with Crippen LogP contribution in [0.5, 0.6) is 28.7 Å². The number of anilines is 1. The molecule has 0 radical (unpaired) electrons. The Balaban J connectivity index is 1.97. The van der Waals surface area contributed by atoms with Gasteiger partial charge in [0, 0.05) is 17.8 Å². The zero-order valence-corrected chi connectivity index (χ0v) is 21.8. The molecule has 0 aliphatic carbocycles. The predicted octanol–water partition coefficient (Wildman–Crippen LogP) is 7.17. The van der Waals surface area contributed by atoms with Gasteiger partial charge in [-0.2, -0.15) is 0 Å². The Morgan fingerprint density at radius 3 is 2.06 bits per heavy atom. The fraction of sp³-hybridized carbons (Fsp3) is 0.267. The number of hydrogen-bond donors (Lipinski definition) is 3. The molecule has 3 aromatic rings. The molecule has 0 saturated carbocycles. The number of aromatic hydroxyl groups is 2. The van der Waals surface area contributed by atoms with Gasteiger partial charge in [0.05, 0.1) is 19.8 Å². The Morgan fingerprint density at radius 1 is 0.806 bits per heavy atom. The van der Waals surface area contributed by atoms with Crippen LogP contribution >= 0.6 is 0 Å². The van der Waals surface area contributed by atoms with Gasteiger partial charge in [-0.15, -0.1) is 0 Å². The van der Waals surface area contributed by atoms with Gasteiger partial charge in [-0.25, -0.2) is 0 Å². The predicted molar refractivity (Wildman–Crippen MR) is 147 cm³/mol. The van der Waals surface area contributed by atoms with Crippen LogP contribution in [0.3, 0.4) is 0 Å². The number of hydrogen-bond acceptors (Lipinski definition) is 6. The van der Waals surface area contributed by atoms with Crippen molar-refractivity contribution < 1.29 is 24.4 Å². The highest BCUT2D eigenvalue weighted by Gasteiger charge is 2.22. The van der Waals surface area contributed by atoms with Crippen molar-refractivity contribution in [3.05, 3.63) is 71.8 Å². The lowest BCUT2D eigenvalue weighted by Crippen LogP contribution is -1.99. The topological polar surface area (TPSA) is 80.2 Å². The quantitative estimate of drug-likeness (QED) is 0.262. The molecule has 0 saturated heterocycles. The minimum absolute atomic E-state index is 0.0321. The lowest BCUT2D eigenvalue weighted by atomic mass is 9.96. The number of nitrogens with one attached hydrogen (secondary N) is 1. The Labute approximate surface area is 213 Å². The van der Waals surface area contributed by atoms with E-state index in [4.69, 9.17) is 14.2 Å². The molecule has 0 unspecified atom stereocenters. The first-order valence-corrected chi connectivity index (χ1v) is 11.8. The standard InChI is InChI=1S/C30H35NO5/c1-19(2)13-15-31-23-10-7-21(8-11-23)24-18-27(34-5)28(29(33)30(24)35-6)22-9-12-26(25(32)17-22)36-16-14-20(3)4/h7-14,17-18,31-33H,15-16H2,1-6H3. The minimum Gasteiger partial charge on any atom is -0.504 e. The second kappa shape index (κ2) is 12.1. The summed E-state index contributed by atoms with van der Waals surface area (Å²) in [7, 11) is 3.06. The van der Waals surface area contributed by atoms with Gasteiger partial charge in [0.1, 0.15) is 12.4 Å². The summed E-state index contributed by atoms with van der Waals surface area (Å²) in [6.07, 6.45) is 4.05. The molecule has 3 N–H and O–H groups in total. The van der Waals surface area contributed by atoms with E-state index in [2.05, 4.69) is 25.2 Å². The Bertz CT molecular complexity index is 1250. The first kappa shape index (κ1) is 26.5. The van der Waals surface area contributed by atoms with Crippen LogP contribution in [-0.2, 0) is 0 Å². The Hall–Kier alpha value is -4.06. The van der Waals surface area contributed by atoms with Gasteiger partial charge in [-0.05, 0) is 75.2 Å².